The van der Waals surface area contributed by atoms with Crippen LogP contribution in [0.1, 0.15) is 36.2 Å². The molecule has 0 fully saturated rings. The van der Waals surface area contributed by atoms with Crippen LogP contribution in [0.3, 0.4) is 0 Å². The summed E-state index contributed by atoms with van der Waals surface area (Å²) in [5, 5.41) is 13.3. The average Bonchev–Trinajstić information content (AvgIpc) is 3.21. The van der Waals surface area contributed by atoms with Crippen molar-refractivity contribution >= 4 is 46.0 Å². The number of fused-ring (bicyclic) bond motifs is 3. The number of nitrogens with zero attached hydrogens (tertiary/aromatic N) is 4. The minimum atomic E-state index is -0.182. The van der Waals surface area contributed by atoms with Crippen LogP contribution >= 0.6 is 23.4 Å². The summed E-state index contributed by atoms with van der Waals surface area (Å²) >= 11 is 7.47. The lowest BCUT2D eigenvalue weighted by atomic mass is 10.1. The van der Waals surface area contributed by atoms with Gasteiger partial charge in [0.15, 0.2) is 5.16 Å². The molecule has 0 saturated heterocycles. The Kier molecular flexibility index (Phi) is 6.02. The lowest BCUT2D eigenvalue weighted by Crippen LogP contribution is -2.32. The van der Waals surface area contributed by atoms with Gasteiger partial charge in [0.05, 0.1) is 10.9 Å². The molecule has 0 spiro atoms. The highest BCUT2D eigenvalue weighted by Gasteiger charge is 2.17. The van der Waals surface area contributed by atoms with E-state index in [1.54, 1.807) is 25.2 Å². The monoisotopic (exact) mass is 455 g/mol. The van der Waals surface area contributed by atoms with E-state index in [-0.39, 0.29) is 17.5 Å². The van der Waals surface area contributed by atoms with Crippen LogP contribution in [-0.4, -0.2) is 31.1 Å². The van der Waals surface area contributed by atoms with Crippen molar-refractivity contribution < 1.29 is 4.79 Å². The zero-order valence-corrected chi connectivity index (χ0v) is 19.0. The molecule has 0 saturated carbocycles. The molecule has 0 radical (unpaired) electrons. The highest BCUT2D eigenvalue weighted by Crippen LogP contribution is 2.25. The van der Waals surface area contributed by atoms with Crippen LogP contribution in [-0.2, 0) is 12.8 Å². The molecule has 2 aromatic heterocycles. The van der Waals surface area contributed by atoms with Crippen LogP contribution in [0.15, 0.2) is 52.4 Å². The topological polar surface area (TPSA) is 81.3 Å². The van der Waals surface area contributed by atoms with Gasteiger partial charge in [-0.1, -0.05) is 42.4 Å². The summed E-state index contributed by atoms with van der Waals surface area (Å²) in [4.78, 5) is 25.5. The average molecular weight is 456 g/mol. The summed E-state index contributed by atoms with van der Waals surface area (Å²) in [6.07, 6.45) is 0.834. The molecule has 0 aliphatic carbocycles. The summed E-state index contributed by atoms with van der Waals surface area (Å²) in [6.45, 7) is 3.97. The number of carbonyl (C=O) groups is 1. The van der Waals surface area contributed by atoms with E-state index < -0.39 is 0 Å². The van der Waals surface area contributed by atoms with Gasteiger partial charge in [0.2, 0.25) is 5.78 Å². The summed E-state index contributed by atoms with van der Waals surface area (Å²) in [7, 11) is 1.67. The minimum Gasteiger partial charge on any atom is -0.350 e. The second-order valence-corrected chi connectivity index (χ2v) is 8.79. The Bertz CT molecular complexity index is 1330. The van der Waals surface area contributed by atoms with Crippen molar-refractivity contribution in [3.05, 3.63) is 69.0 Å². The number of rotatable bonds is 6. The molecular weight excluding hydrogens is 434 g/mol. The Morgan fingerprint density at radius 3 is 2.65 bits per heavy atom. The van der Waals surface area contributed by atoms with Crippen LogP contribution in [0.4, 0.5) is 0 Å². The molecule has 4 aromatic rings. The fourth-order valence-electron chi connectivity index (χ4n) is 3.23. The number of halogens is 1. The molecule has 0 bridgehead atoms. The first-order chi connectivity index (χ1) is 14.9. The zero-order chi connectivity index (χ0) is 22.1. The van der Waals surface area contributed by atoms with Gasteiger partial charge in [-0.3, -0.25) is 18.6 Å². The van der Waals surface area contributed by atoms with Crippen molar-refractivity contribution in [3.63, 3.8) is 0 Å². The third-order valence-electron chi connectivity index (χ3n) is 5.22. The highest BCUT2D eigenvalue weighted by molar-refractivity contribution is 7.98. The number of hydrogen-bond donors (Lipinski definition) is 1. The van der Waals surface area contributed by atoms with Gasteiger partial charge >= 0.3 is 0 Å². The quantitative estimate of drug-likeness (QED) is 0.443. The maximum absolute atomic E-state index is 12.8. The summed E-state index contributed by atoms with van der Waals surface area (Å²) in [5.74, 6) is 0.917. The number of amides is 1. The predicted molar refractivity (Wildman–Crippen MR) is 124 cm³/mol. The van der Waals surface area contributed by atoms with Crippen LogP contribution in [0.25, 0.3) is 16.7 Å². The van der Waals surface area contributed by atoms with Crippen molar-refractivity contribution in [1.29, 1.82) is 0 Å². The minimum absolute atomic E-state index is 0.0623. The van der Waals surface area contributed by atoms with Gasteiger partial charge in [-0.2, -0.15) is 0 Å². The van der Waals surface area contributed by atoms with Crippen molar-refractivity contribution in [1.82, 2.24) is 24.5 Å². The normalized spacial score (nSPS) is 12.4. The van der Waals surface area contributed by atoms with Crippen molar-refractivity contribution in [3.8, 4) is 0 Å². The Morgan fingerprint density at radius 1 is 1.19 bits per heavy atom. The molecule has 1 amide bonds. The van der Waals surface area contributed by atoms with E-state index in [2.05, 4.69) is 15.5 Å². The van der Waals surface area contributed by atoms with E-state index in [1.807, 2.05) is 42.5 Å². The fourth-order valence-corrected chi connectivity index (χ4v) is 4.25. The molecule has 4 rings (SSSR count). The van der Waals surface area contributed by atoms with Crippen molar-refractivity contribution in [2.75, 3.05) is 0 Å². The van der Waals surface area contributed by atoms with Crippen LogP contribution in [0.2, 0.25) is 5.02 Å². The molecule has 1 unspecified atom stereocenters. The van der Waals surface area contributed by atoms with Crippen LogP contribution in [0.5, 0.6) is 0 Å². The Hall–Kier alpha value is -2.84. The molecule has 160 valence electrons. The Morgan fingerprint density at radius 2 is 1.94 bits per heavy atom. The van der Waals surface area contributed by atoms with Gasteiger partial charge in [-0.05, 0) is 49.2 Å². The Balaban J connectivity index is 1.79. The number of benzene rings is 2. The standard InChI is InChI=1S/C22H22ClN5O2S/c1-4-13(2)24-19(29)15-7-10-17-18(11-15)28-21(27(3)20(17)30)25-26-22(28)31-12-14-5-8-16(23)9-6-14/h5-11,13H,4,12H2,1-3H3,(H,24,29). The van der Waals surface area contributed by atoms with Crippen molar-refractivity contribution in [2.45, 2.75) is 37.2 Å². The van der Waals surface area contributed by atoms with Crippen LogP contribution < -0.4 is 10.9 Å². The SMILES string of the molecule is CCC(C)NC(=O)c1ccc2c(=O)n(C)c3nnc(SCc4ccc(Cl)cc4)n3c2c1. The number of aromatic nitrogens is 4. The second kappa shape index (κ2) is 8.72. The molecule has 9 heteroatoms. The van der Waals surface area contributed by atoms with E-state index in [1.165, 1.54) is 16.3 Å². The number of carbonyl (C=O) groups excluding carboxylic acids is 1. The van der Waals surface area contributed by atoms with Crippen LogP contribution in [0, 0.1) is 0 Å². The lowest BCUT2D eigenvalue weighted by molar-refractivity contribution is 0.0939. The maximum Gasteiger partial charge on any atom is 0.262 e. The highest BCUT2D eigenvalue weighted by atomic mass is 35.5. The molecule has 1 N–H and O–H groups in total. The third-order valence-corrected chi connectivity index (χ3v) is 6.48. The largest absolute Gasteiger partial charge is 0.350 e. The van der Waals surface area contributed by atoms with Gasteiger partial charge in [0.25, 0.3) is 11.5 Å². The molecule has 0 aliphatic heterocycles. The molecule has 31 heavy (non-hydrogen) atoms. The number of hydrogen-bond acceptors (Lipinski definition) is 5. The predicted octanol–water partition coefficient (Wildman–Crippen LogP) is 4.06. The summed E-state index contributed by atoms with van der Waals surface area (Å²) in [5.41, 5.74) is 2.01. The first-order valence-corrected chi connectivity index (χ1v) is 11.3. The smallest absolute Gasteiger partial charge is 0.262 e. The maximum atomic E-state index is 12.8. The van der Waals surface area contributed by atoms with Crippen molar-refractivity contribution in [2.24, 2.45) is 7.05 Å². The van der Waals surface area contributed by atoms with E-state index in [9.17, 15) is 9.59 Å². The molecule has 7 nitrogen and oxygen atoms in total. The van der Waals surface area contributed by atoms with E-state index in [0.29, 0.717) is 38.2 Å². The Labute approximate surface area is 188 Å². The molecular formula is C22H22ClN5O2S. The van der Waals surface area contributed by atoms with E-state index in [4.69, 9.17) is 11.6 Å². The first-order valence-electron chi connectivity index (χ1n) is 9.95. The summed E-state index contributed by atoms with van der Waals surface area (Å²) in [6, 6.07) is 12.8. The molecule has 0 aliphatic rings. The van der Waals surface area contributed by atoms with E-state index >= 15 is 0 Å². The van der Waals surface area contributed by atoms with Gasteiger partial charge in [-0.25, -0.2) is 0 Å². The summed E-state index contributed by atoms with van der Waals surface area (Å²) < 4.78 is 3.30. The van der Waals surface area contributed by atoms with Gasteiger partial charge < -0.3 is 5.32 Å². The third kappa shape index (κ3) is 4.18. The zero-order valence-electron chi connectivity index (χ0n) is 17.4. The molecule has 2 aromatic carbocycles. The van der Waals surface area contributed by atoms with Gasteiger partial charge in [-0.15, -0.1) is 10.2 Å². The number of thioether (sulfide) groups is 1. The molecule has 1 atom stereocenters. The number of aryl methyl sites for hydroxylation is 1. The molecule has 2 heterocycles. The fraction of sp³-hybridized carbons (Fsp3) is 0.273. The lowest BCUT2D eigenvalue weighted by Gasteiger charge is -2.13. The van der Waals surface area contributed by atoms with Gasteiger partial charge in [0, 0.05) is 29.4 Å². The number of nitrogens with one attached hydrogen (secondary N) is 1. The second-order valence-electron chi connectivity index (χ2n) is 7.41. The van der Waals surface area contributed by atoms with Gasteiger partial charge in [0.1, 0.15) is 0 Å². The first kappa shape index (κ1) is 21.4. The van der Waals surface area contributed by atoms with E-state index in [0.717, 1.165) is 12.0 Å².